The second-order valence-corrected chi connectivity index (χ2v) is 7.05. The first-order chi connectivity index (χ1) is 12.3. The molecule has 0 radical (unpaired) electrons. The first-order valence-electron chi connectivity index (χ1n) is 9.64. The number of hydrogen-bond acceptors (Lipinski definition) is 4. The molecule has 0 spiro atoms. The van der Waals surface area contributed by atoms with E-state index >= 15 is 0 Å². The number of rotatable bonds is 5. The summed E-state index contributed by atoms with van der Waals surface area (Å²) in [5.41, 5.74) is 0. The van der Waals surface area contributed by atoms with Gasteiger partial charge < -0.3 is 20.0 Å². The van der Waals surface area contributed by atoms with E-state index in [0.717, 1.165) is 50.4 Å². The highest BCUT2D eigenvalue weighted by Crippen LogP contribution is 2.16. The summed E-state index contributed by atoms with van der Waals surface area (Å²) in [6.07, 6.45) is 4.42. The van der Waals surface area contributed by atoms with Gasteiger partial charge in [-0.05, 0) is 44.0 Å². The monoisotopic (exact) mass is 344 g/mol. The Morgan fingerprint density at radius 3 is 2.76 bits per heavy atom. The second kappa shape index (κ2) is 9.04. The number of hydrogen-bond donors (Lipinski definition) is 1. The Morgan fingerprint density at radius 2 is 2.08 bits per heavy atom. The van der Waals surface area contributed by atoms with Crippen LogP contribution in [0.4, 0.5) is 5.82 Å². The molecule has 2 aliphatic heterocycles. The molecular formula is C19H32N6. The first kappa shape index (κ1) is 18.0. The van der Waals surface area contributed by atoms with Crippen molar-refractivity contribution in [2.24, 2.45) is 10.9 Å². The fourth-order valence-electron chi connectivity index (χ4n) is 3.85. The number of guanidine groups is 1. The van der Waals surface area contributed by atoms with Gasteiger partial charge in [-0.25, -0.2) is 4.98 Å². The van der Waals surface area contributed by atoms with E-state index in [-0.39, 0.29) is 0 Å². The summed E-state index contributed by atoms with van der Waals surface area (Å²) in [7, 11) is 1.89. The fourth-order valence-corrected chi connectivity index (χ4v) is 3.85. The van der Waals surface area contributed by atoms with Gasteiger partial charge in [0.25, 0.3) is 0 Å². The molecule has 138 valence electrons. The largest absolute Gasteiger partial charge is 0.356 e. The minimum atomic E-state index is 0.748. The maximum absolute atomic E-state index is 4.51. The summed E-state index contributed by atoms with van der Waals surface area (Å²) in [6, 6.07) is 6.11. The highest BCUT2D eigenvalue weighted by atomic mass is 15.4. The van der Waals surface area contributed by atoms with Crippen molar-refractivity contribution in [3.8, 4) is 0 Å². The van der Waals surface area contributed by atoms with Gasteiger partial charge in [-0.3, -0.25) is 4.99 Å². The Balaban J connectivity index is 1.44. The van der Waals surface area contributed by atoms with Crippen LogP contribution in [-0.2, 0) is 0 Å². The van der Waals surface area contributed by atoms with Gasteiger partial charge in [-0.15, -0.1) is 0 Å². The second-order valence-electron chi connectivity index (χ2n) is 7.05. The molecule has 2 fully saturated rings. The zero-order chi connectivity index (χ0) is 17.5. The predicted octanol–water partition coefficient (Wildman–Crippen LogP) is 1.51. The molecule has 0 bridgehead atoms. The molecule has 1 aromatic rings. The molecule has 1 N–H and O–H groups in total. The Bertz CT molecular complexity index is 538. The molecule has 6 heteroatoms. The van der Waals surface area contributed by atoms with Crippen LogP contribution in [0, 0.1) is 5.92 Å². The summed E-state index contributed by atoms with van der Waals surface area (Å²) in [6.45, 7) is 11.0. The number of nitrogens with one attached hydrogen (secondary N) is 1. The molecule has 3 heterocycles. The number of aromatic nitrogens is 1. The molecule has 2 saturated heterocycles. The number of aliphatic imine (C=N–C) groups is 1. The third-order valence-electron chi connectivity index (χ3n) is 5.22. The minimum Gasteiger partial charge on any atom is -0.356 e. The van der Waals surface area contributed by atoms with Gasteiger partial charge in [0.05, 0.1) is 0 Å². The Kier molecular flexibility index (Phi) is 6.50. The minimum absolute atomic E-state index is 0.748. The maximum Gasteiger partial charge on any atom is 0.193 e. The SMILES string of the molecule is CCCN1CCC(CNC(=NC)N2CCN(c3ccccn3)CC2)C1. The Labute approximate surface area is 151 Å². The number of anilines is 1. The van der Waals surface area contributed by atoms with Crippen LogP contribution in [0.5, 0.6) is 0 Å². The summed E-state index contributed by atoms with van der Waals surface area (Å²) in [4.78, 5) is 16.3. The maximum atomic E-state index is 4.51. The number of likely N-dealkylation sites (tertiary alicyclic amines) is 1. The van der Waals surface area contributed by atoms with E-state index in [1.54, 1.807) is 0 Å². The van der Waals surface area contributed by atoms with E-state index in [2.05, 4.69) is 49.0 Å². The van der Waals surface area contributed by atoms with Gasteiger partial charge in [0.15, 0.2) is 5.96 Å². The standard InChI is InChI=1S/C19H32N6/c1-3-9-23-10-7-17(16-23)15-22-19(20-2)25-13-11-24(12-14-25)18-6-4-5-8-21-18/h4-6,8,17H,3,7,9-16H2,1-2H3,(H,20,22). The Morgan fingerprint density at radius 1 is 1.24 bits per heavy atom. The molecule has 0 amide bonds. The van der Waals surface area contributed by atoms with Crippen molar-refractivity contribution in [1.82, 2.24) is 20.1 Å². The van der Waals surface area contributed by atoms with Gasteiger partial charge in [0, 0.05) is 52.5 Å². The van der Waals surface area contributed by atoms with Crippen LogP contribution >= 0.6 is 0 Å². The first-order valence-corrected chi connectivity index (χ1v) is 9.64. The van der Waals surface area contributed by atoms with Crippen LogP contribution < -0.4 is 10.2 Å². The average Bonchev–Trinajstić information content (AvgIpc) is 3.11. The van der Waals surface area contributed by atoms with Crippen LogP contribution in [0.3, 0.4) is 0 Å². The van der Waals surface area contributed by atoms with Crippen molar-refractivity contribution < 1.29 is 0 Å². The number of pyridine rings is 1. The summed E-state index contributed by atoms with van der Waals surface area (Å²) >= 11 is 0. The lowest BCUT2D eigenvalue weighted by atomic mass is 10.1. The van der Waals surface area contributed by atoms with E-state index in [4.69, 9.17) is 0 Å². The van der Waals surface area contributed by atoms with E-state index in [1.807, 2.05) is 19.3 Å². The molecule has 25 heavy (non-hydrogen) atoms. The smallest absolute Gasteiger partial charge is 0.193 e. The van der Waals surface area contributed by atoms with Gasteiger partial charge >= 0.3 is 0 Å². The lowest BCUT2D eigenvalue weighted by Gasteiger charge is -2.37. The summed E-state index contributed by atoms with van der Waals surface area (Å²) in [5.74, 6) is 2.87. The van der Waals surface area contributed by atoms with Crippen LogP contribution in [0.25, 0.3) is 0 Å². The highest BCUT2D eigenvalue weighted by Gasteiger charge is 2.24. The lowest BCUT2D eigenvalue weighted by molar-refractivity contribution is 0.322. The van der Waals surface area contributed by atoms with E-state index in [9.17, 15) is 0 Å². The molecule has 1 aromatic heterocycles. The molecule has 1 unspecified atom stereocenters. The highest BCUT2D eigenvalue weighted by molar-refractivity contribution is 5.80. The van der Waals surface area contributed by atoms with Crippen molar-refractivity contribution >= 4 is 11.8 Å². The molecule has 0 saturated carbocycles. The van der Waals surface area contributed by atoms with Gasteiger partial charge in [-0.1, -0.05) is 13.0 Å². The number of nitrogens with zero attached hydrogens (tertiary/aromatic N) is 5. The van der Waals surface area contributed by atoms with Crippen molar-refractivity contribution in [1.29, 1.82) is 0 Å². The van der Waals surface area contributed by atoms with E-state index < -0.39 is 0 Å². The zero-order valence-electron chi connectivity index (χ0n) is 15.7. The van der Waals surface area contributed by atoms with Gasteiger partial charge in [-0.2, -0.15) is 0 Å². The van der Waals surface area contributed by atoms with Crippen LogP contribution in [0.15, 0.2) is 29.4 Å². The van der Waals surface area contributed by atoms with E-state index in [0.29, 0.717) is 0 Å². The fraction of sp³-hybridized carbons (Fsp3) is 0.684. The van der Waals surface area contributed by atoms with Crippen molar-refractivity contribution in [2.45, 2.75) is 19.8 Å². The van der Waals surface area contributed by atoms with Crippen molar-refractivity contribution in [2.75, 3.05) is 64.3 Å². The van der Waals surface area contributed by atoms with Gasteiger partial charge in [0.1, 0.15) is 5.82 Å². The lowest BCUT2D eigenvalue weighted by Crippen LogP contribution is -2.53. The summed E-state index contributed by atoms with van der Waals surface area (Å²) < 4.78 is 0. The molecule has 0 aliphatic carbocycles. The van der Waals surface area contributed by atoms with Crippen LogP contribution in [-0.4, -0.2) is 80.1 Å². The van der Waals surface area contributed by atoms with Crippen molar-refractivity contribution in [3.63, 3.8) is 0 Å². The predicted molar refractivity (Wildman–Crippen MR) is 104 cm³/mol. The molecule has 6 nitrogen and oxygen atoms in total. The van der Waals surface area contributed by atoms with E-state index in [1.165, 1.54) is 32.5 Å². The quantitative estimate of drug-likeness (QED) is 0.648. The zero-order valence-corrected chi connectivity index (χ0v) is 15.7. The Hall–Kier alpha value is -1.82. The normalized spacial score (nSPS) is 22.5. The van der Waals surface area contributed by atoms with Crippen molar-refractivity contribution in [3.05, 3.63) is 24.4 Å². The van der Waals surface area contributed by atoms with Crippen LogP contribution in [0.1, 0.15) is 19.8 Å². The third kappa shape index (κ3) is 4.84. The molecular weight excluding hydrogens is 312 g/mol. The van der Waals surface area contributed by atoms with Gasteiger partial charge in [0.2, 0.25) is 0 Å². The molecule has 3 rings (SSSR count). The number of piperazine rings is 1. The third-order valence-corrected chi connectivity index (χ3v) is 5.22. The molecule has 2 aliphatic rings. The van der Waals surface area contributed by atoms with Crippen LogP contribution in [0.2, 0.25) is 0 Å². The topological polar surface area (TPSA) is 47.0 Å². The molecule has 1 atom stereocenters. The summed E-state index contributed by atoms with van der Waals surface area (Å²) in [5, 5.41) is 3.61. The average molecular weight is 345 g/mol. The molecule has 0 aromatic carbocycles.